The monoisotopic (exact) mass is 206 g/mol. The summed E-state index contributed by atoms with van der Waals surface area (Å²) in [7, 11) is 3.42. The Labute approximate surface area is 88.1 Å². The Bertz CT molecular complexity index is 491. The van der Waals surface area contributed by atoms with E-state index in [0.29, 0.717) is 5.56 Å². The lowest BCUT2D eigenvalue weighted by Crippen LogP contribution is -2.00. The van der Waals surface area contributed by atoms with Gasteiger partial charge in [0.25, 0.3) is 0 Å². The van der Waals surface area contributed by atoms with Crippen molar-refractivity contribution in [3.8, 4) is 0 Å². The SMILES string of the molecule is COC(O)c1cccc2c1nc(C)n2C. The second-order valence-electron chi connectivity index (χ2n) is 3.52. The lowest BCUT2D eigenvalue weighted by atomic mass is 10.2. The van der Waals surface area contributed by atoms with Crippen LogP contribution in [0.1, 0.15) is 17.7 Å². The molecule has 80 valence electrons. The molecule has 2 rings (SSSR count). The van der Waals surface area contributed by atoms with Gasteiger partial charge in [-0.1, -0.05) is 12.1 Å². The minimum absolute atomic E-state index is 0.707. The highest BCUT2D eigenvalue weighted by molar-refractivity contribution is 5.79. The number of rotatable bonds is 2. The number of aryl methyl sites for hydroxylation is 2. The van der Waals surface area contributed by atoms with Crippen molar-refractivity contribution in [1.29, 1.82) is 0 Å². The fraction of sp³-hybridized carbons (Fsp3) is 0.364. The summed E-state index contributed by atoms with van der Waals surface area (Å²) in [6.07, 6.45) is -0.914. The molecule has 1 atom stereocenters. The number of ether oxygens (including phenoxy) is 1. The fourth-order valence-electron chi connectivity index (χ4n) is 1.68. The standard InChI is InChI=1S/C11H14N2O2/c1-7-12-10-8(11(14)15-3)5-4-6-9(10)13(7)2/h4-6,11,14H,1-3H3. The number of aromatic nitrogens is 2. The van der Waals surface area contributed by atoms with Crippen LogP contribution in [0.2, 0.25) is 0 Å². The molecule has 2 aromatic rings. The van der Waals surface area contributed by atoms with E-state index in [4.69, 9.17) is 4.74 Å². The van der Waals surface area contributed by atoms with Crippen molar-refractivity contribution in [3.05, 3.63) is 29.6 Å². The molecule has 0 saturated heterocycles. The van der Waals surface area contributed by atoms with Crippen LogP contribution in [-0.4, -0.2) is 21.8 Å². The van der Waals surface area contributed by atoms with Crippen LogP contribution < -0.4 is 0 Å². The molecule has 0 spiro atoms. The number of hydrogen-bond acceptors (Lipinski definition) is 3. The van der Waals surface area contributed by atoms with E-state index in [1.54, 1.807) is 0 Å². The number of methoxy groups -OCH3 is 1. The third kappa shape index (κ3) is 1.52. The molecule has 15 heavy (non-hydrogen) atoms. The van der Waals surface area contributed by atoms with Gasteiger partial charge in [-0.15, -0.1) is 0 Å². The molecule has 4 nitrogen and oxygen atoms in total. The normalized spacial score (nSPS) is 13.3. The molecule has 1 unspecified atom stereocenters. The molecule has 1 aromatic carbocycles. The van der Waals surface area contributed by atoms with Crippen LogP contribution in [0.25, 0.3) is 11.0 Å². The lowest BCUT2D eigenvalue weighted by molar-refractivity contribution is -0.0759. The smallest absolute Gasteiger partial charge is 0.183 e. The first-order chi connectivity index (χ1) is 7.15. The maximum Gasteiger partial charge on any atom is 0.183 e. The molecule has 0 radical (unpaired) electrons. The van der Waals surface area contributed by atoms with Crippen molar-refractivity contribution in [2.24, 2.45) is 7.05 Å². The van der Waals surface area contributed by atoms with Gasteiger partial charge in [0.2, 0.25) is 0 Å². The molecule has 1 heterocycles. The van der Waals surface area contributed by atoms with E-state index < -0.39 is 6.29 Å². The average molecular weight is 206 g/mol. The molecule has 0 bridgehead atoms. The minimum atomic E-state index is -0.914. The van der Waals surface area contributed by atoms with Gasteiger partial charge in [0.15, 0.2) is 6.29 Å². The molecule has 0 amide bonds. The first-order valence-corrected chi connectivity index (χ1v) is 4.78. The van der Waals surface area contributed by atoms with Gasteiger partial charge in [-0.3, -0.25) is 0 Å². The number of para-hydroxylation sites is 1. The molecular weight excluding hydrogens is 192 g/mol. The molecule has 0 aliphatic rings. The number of hydrogen-bond donors (Lipinski definition) is 1. The zero-order valence-corrected chi connectivity index (χ0v) is 9.06. The first-order valence-electron chi connectivity index (χ1n) is 4.78. The average Bonchev–Trinajstić information content (AvgIpc) is 2.54. The molecule has 1 N–H and O–H groups in total. The summed E-state index contributed by atoms with van der Waals surface area (Å²) in [6.45, 7) is 1.93. The Morgan fingerprint density at radius 1 is 1.47 bits per heavy atom. The Kier molecular flexibility index (Phi) is 2.46. The number of aliphatic hydroxyl groups is 1. The van der Waals surface area contributed by atoms with E-state index in [9.17, 15) is 5.11 Å². The van der Waals surface area contributed by atoms with Gasteiger partial charge in [0, 0.05) is 19.7 Å². The van der Waals surface area contributed by atoms with Crippen molar-refractivity contribution in [3.63, 3.8) is 0 Å². The van der Waals surface area contributed by atoms with Gasteiger partial charge < -0.3 is 14.4 Å². The molecule has 1 aromatic heterocycles. The van der Waals surface area contributed by atoms with Crippen LogP contribution >= 0.6 is 0 Å². The quantitative estimate of drug-likeness (QED) is 0.758. The van der Waals surface area contributed by atoms with Crippen LogP contribution in [-0.2, 0) is 11.8 Å². The molecule has 4 heteroatoms. The summed E-state index contributed by atoms with van der Waals surface area (Å²) in [5.41, 5.74) is 2.51. The summed E-state index contributed by atoms with van der Waals surface area (Å²) in [5.74, 6) is 0.917. The summed E-state index contributed by atoms with van der Waals surface area (Å²) in [6, 6.07) is 5.69. The molecule has 0 aliphatic heterocycles. The highest BCUT2D eigenvalue weighted by Gasteiger charge is 2.13. The van der Waals surface area contributed by atoms with E-state index in [1.807, 2.05) is 36.7 Å². The lowest BCUT2D eigenvalue weighted by Gasteiger charge is -2.08. The molecular formula is C11H14N2O2. The predicted molar refractivity (Wildman–Crippen MR) is 57.4 cm³/mol. The number of aliphatic hydroxyl groups excluding tert-OH is 1. The summed E-state index contributed by atoms with van der Waals surface area (Å²) in [5, 5.41) is 9.66. The van der Waals surface area contributed by atoms with Crippen molar-refractivity contribution in [1.82, 2.24) is 9.55 Å². The highest BCUT2D eigenvalue weighted by atomic mass is 16.6. The van der Waals surface area contributed by atoms with Crippen LogP contribution in [0.15, 0.2) is 18.2 Å². The number of imidazole rings is 1. The van der Waals surface area contributed by atoms with E-state index in [-0.39, 0.29) is 0 Å². The Morgan fingerprint density at radius 3 is 2.87 bits per heavy atom. The van der Waals surface area contributed by atoms with Crippen molar-refractivity contribution >= 4 is 11.0 Å². The third-order valence-electron chi connectivity index (χ3n) is 2.66. The first kappa shape index (κ1) is 10.1. The van der Waals surface area contributed by atoms with Gasteiger partial charge in [0.05, 0.1) is 11.0 Å². The molecule has 0 fully saturated rings. The minimum Gasteiger partial charge on any atom is -0.364 e. The van der Waals surface area contributed by atoms with Crippen LogP contribution in [0, 0.1) is 6.92 Å². The Morgan fingerprint density at radius 2 is 2.20 bits per heavy atom. The molecule has 0 saturated carbocycles. The topological polar surface area (TPSA) is 47.3 Å². The van der Waals surface area contributed by atoms with E-state index in [2.05, 4.69) is 4.98 Å². The zero-order chi connectivity index (χ0) is 11.0. The van der Waals surface area contributed by atoms with Gasteiger partial charge in [-0.05, 0) is 13.0 Å². The second kappa shape index (κ2) is 3.64. The Balaban J connectivity index is 2.71. The largest absolute Gasteiger partial charge is 0.364 e. The van der Waals surface area contributed by atoms with E-state index in [0.717, 1.165) is 16.9 Å². The van der Waals surface area contributed by atoms with Crippen LogP contribution in [0.3, 0.4) is 0 Å². The Hall–Kier alpha value is -1.39. The van der Waals surface area contributed by atoms with Gasteiger partial charge in [-0.25, -0.2) is 4.98 Å². The summed E-state index contributed by atoms with van der Waals surface area (Å²) >= 11 is 0. The number of nitrogens with zero attached hydrogens (tertiary/aromatic N) is 2. The van der Waals surface area contributed by atoms with Crippen LogP contribution in [0.5, 0.6) is 0 Å². The fourth-order valence-corrected chi connectivity index (χ4v) is 1.68. The highest BCUT2D eigenvalue weighted by Crippen LogP contribution is 2.24. The predicted octanol–water partition coefficient (Wildman–Crippen LogP) is 1.52. The summed E-state index contributed by atoms with van der Waals surface area (Å²) < 4.78 is 6.89. The van der Waals surface area contributed by atoms with Crippen molar-refractivity contribution in [2.75, 3.05) is 7.11 Å². The van der Waals surface area contributed by atoms with Gasteiger partial charge >= 0.3 is 0 Å². The van der Waals surface area contributed by atoms with Crippen LogP contribution in [0.4, 0.5) is 0 Å². The number of fused-ring (bicyclic) bond motifs is 1. The van der Waals surface area contributed by atoms with E-state index >= 15 is 0 Å². The maximum absolute atomic E-state index is 9.66. The van der Waals surface area contributed by atoms with Gasteiger partial charge in [-0.2, -0.15) is 0 Å². The molecule has 0 aliphatic carbocycles. The van der Waals surface area contributed by atoms with Crippen molar-refractivity contribution < 1.29 is 9.84 Å². The zero-order valence-electron chi connectivity index (χ0n) is 9.06. The van der Waals surface area contributed by atoms with Crippen molar-refractivity contribution in [2.45, 2.75) is 13.2 Å². The van der Waals surface area contributed by atoms with E-state index in [1.165, 1.54) is 7.11 Å². The number of benzene rings is 1. The maximum atomic E-state index is 9.66. The summed E-state index contributed by atoms with van der Waals surface area (Å²) in [4.78, 5) is 4.40. The van der Waals surface area contributed by atoms with Gasteiger partial charge in [0.1, 0.15) is 5.82 Å². The second-order valence-corrected chi connectivity index (χ2v) is 3.52. The third-order valence-corrected chi connectivity index (χ3v) is 2.66.